The SMILES string of the molecule is OC(C[NH2+]Cc1ccccc1Cl)(c1ccc(F)cc1)c1ccc(F)cc1. The van der Waals surface area contributed by atoms with Gasteiger partial charge in [-0.3, -0.25) is 0 Å². The first-order chi connectivity index (χ1) is 12.5. The average Bonchev–Trinajstić information content (AvgIpc) is 2.64. The summed E-state index contributed by atoms with van der Waals surface area (Å²) in [6.07, 6.45) is 0. The normalized spacial score (nSPS) is 11.5. The van der Waals surface area contributed by atoms with E-state index >= 15 is 0 Å². The zero-order valence-corrected chi connectivity index (χ0v) is 14.8. The third-order valence-corrected chi connectivity index (χ3v) is 4.77. The van der Waals surface area contributed by atoms with Crippen LogP contribution in [-0.2, 0) is 12.1 Å². The van der Waals surface area contributed by atoms with E-state index in [0.717, 1.165) is 5.56 Å². The second-order valence-corrected chi connectivity index (χ2v) is 6.57. The van der Waals surface area contributed by atoms with Gasteiger partial charge in [-0.15, -0.1) is 0 Å². The molecule has 3 aromatic rings. The van der Waals surface area contributed by atoms with Gasteiger partial charge in [0.1, 0.15) is 24.7 Å². The summed E-state index contributed by atoms with van der Waals surface area (Å²) >= 11 is 6.18. The molecular weight excluding hydrogens is 356 g/mol. The summed E-state index contributed by atoms with van der Waals surface area (Å²) in [5.74, 6) is -0.759. The number of halogens is 3. The number of hydrogen-bond acceptors (Lipinski definition) is 1. The highest BCUT2D eigenvalue weighted by molar-refractivity contribution is 6.31. The lowest BCUT2D eigenvalue weighted by molar-refractivity contribution is -0.682. The van der Waals surface area contributed by atoms with E-state index < -0.39 is 5.60 Å². The van der Waals surface area contributed by atoms with Crippen molar-refractivity contribution in [2.24, 2.45) is 0 Å². The summed E-state index contributed by atoms with van der Waals surface area (Å²) < 4.78 is 26.6. The molecule has 5 heteroatoms. The highest BCUT2D eigenvalue weighted by atomic mass is 35.5. The molecule has 0 saturated heterocycles. The second-order valence-electron chi connectivity index (χ2n) is 6.16. The minimum Gasteiger partial charge on any atom is -0.375 e. The van der Waals surface area contributed by atoms with E-state index in [1.54, 1.807) is 24.3 Å². The third-order valence-electron chi connectivity index (χ3n) is 4.41. The van der Waals surface area contributed by atoms with E-state index in [1.165, 1.54) is 24.3 Å². The number of rotatable bonds is 6. The first-order valence-corrected chi connectivity index (χ1v) is 8.66. The maximum Gasteiger partial charge on any atom is 0.163 e. The van der Waals surface area contributed by atoms with E-state index in [-0.39, 0.29) is 18.2 Å². The van der Waals surface area contributed by atoms with Crippen LogP contribution in [0.25, 0.3) is 0 Å². The maximum absolute atomic E-state index is 13.3. The number of benzene rings is 3. The number of nitrogens with two attached hydrogens (primary N) is 1. The van der Waals surface area contributed by atoms with Gasteiger partial charge in [0.25, 0.3) is 0 Å². The molecule has 0 aliphatic carbocycles. The Morgan fingerprint density at radius 3 is 1.81 bits per heavy atom. The largest absolute Gasteiger partial charge is 0.375 e. The molecule has 0 bridgehead atoms. The summed E-state index contributed by atoms with van der Waals surface area (Å²) in [5, 5.41) is 14.0. The average molecular weight is 375 g/mol. The zero-order chi connectivity index (χ0) is 18.6. The molecule has 0 fully saturated rings. The molecule has 3 aromatic carbocycles. The van der Waals surface area contributed by atoms with Gasteiger partial charge in [-0.1, -0.05) is 54.1 Å². The zero-order valence-electron chi connectivity index (χ0n) is 14.0. The van der Waals surface area contributed by atoms with Crippen LogP contribution < -0.4 is 5.32 Å². The van der Waals surface area contributed by atoms with E-state index in [4.69, 9.17) is 11.6 Å². The fraction of sp³-hybridized carbons (Fsp3) is 0.143. The predicted molar refractivity (Wildman–Crippen MR) is 97.7 cm³/mol. The molecule has 3 rings (SSSR count). The minimum absolute atomic E-state index is 0.273. The molecule has 0 radical (unpaired) electrons. The van der Waals surface area contributed by atoms with Crippen LogP contribution in [0.15, 0.2) is 72.8 Å². The van der Waals surface area contributed by atoms with E-state index in [2.05, 4.69) is 0 Å². The van der Waals surface area contributed by atoms with Gasteiger partial charge >= 0.3 is 0 Å². The summed E-state index contributed by atoms with van der Waals surface area (Å²) in [4.78, 5) is 0. The maximum atomic E-state index is 13.3. The van der Waals surface area contributed by atoms with Gasteiger partial charge in [-0.25, -0.2) is 8.78 Å². The highest BCUT2D eigenvalue weighted by Crippen LogP contribution is 2.28. The lowest BCUT2D eigenvalue weighted by Gasteiger charge is -2.28. The Bertz CT molecular complexity index is 820. The lowest BCUT2D eigenvalue weighted by Crippen LogP contribution is -2.86. The van der Waals surface area contributed by atoms with E-state index in [1.807, 2.05) is 29.6 Å². The van der Waals surface area contributed by atoms with Crippen LogP contribution >= 0.6 is 11.6 Å². The van der Waals surface area contributed by atoms with Crippen LogP contribution in [0, 0.1) is 11.6 Å². The molecule has 0 spiro atoms. The topological polar surface area (TPSA) is 36.8 Å². The van der Waals surface area contributed by atoms with Crippen LogP contribution in [0.5, 0.6) is 0 Å². The van der Waals surface area contributed by atoms with Crippen molar-refractivity contribution in [3.8, 4) is 0 Å². The summed E-state index contributed by atoms with van der Waals surface area (Å²) in [6.45, 7) is 0.847. The van der Waals surface area contributed by atoms with Gasteiger partial charge in [-0.2, -0.15) is 0 Å². The Hall–Kier alpha value is -2.27. The first kappa shape index (κ1) is 18.5. The van der Waals surface area contributed by atoms with Gasteiger partial charge < -0.3 is 10.4 Å². The van der Waals surface area contributed by atoms with Gasteiger partial charge in [0.2, 0.25) is 0 Å². The fourth-order valence-corrected chi connectivity index (χ4v) is 3.17. The monoisotopic (exact) mass is 374 g/mol. The van der Waals surface area contributed by atoms with E-state index in [9.17, 15) is 13.9 Å². The van der Waals surface area contributed by atoms with Crippen molar-refractivity contribution in [2.75, 3.05) is 6.54 Å². The Morgan fingerprint density at radius 2 is 1.31 bits per heavy atom. The minimum atomic E-state index is -1.39. The van der Waals surface area contributed by atoms with Gasteiger partial charge in [-0.05, 0) is 41.5 Å². The molecule has 134 valence electrons. The molecule has 0 saturated carbocycles. The van der Waals surface area contributed by atoms with Crippen LogP contribution in [0.4, 0.5) is 8.78 Å². The van der Waals surface area contributed by atoms with Gasteiger partial charge in [0.05, 0.1) is 0 Å². The molecular formula is C21H19ClF2NO+. The first-order valence-electron chi connectivity index (χ1n) is 8.28. The second kappa shape index (κ2) is 7.96. The lowest BCUT2D eigenvalue weighted by atomic mass is 9.86. The Balaban J connectivity index is 1.86. The van der Waals surface area contributed by atoms with Crippen LogP contribution in [0.3, 0.4) is 0 Å². The standard InChI is InChI=1S/C21H18ClF2NO/c22-20-4-2-1-3-15(20)13-25-14-21(26,16-5-9-18(23)10-6-16)17-7-11-19(24)12-8-17/h1-12,25-26H,13-14H2/p+1. The molecule has 0 unspecified atom stereocenters. The molecule has 0 aliphatic heterocycles. The molecule has 0 atom stereocenters. The quantitative estimate of drug-likeness (QED) is 0.679. The number of quaternary nitrogens is 1. The van der Waals surface area contributed by atoms with Crippen molar-refractivity contribution in [1.29, 1.82) is 0 Å². The molecule has 0 aliphatic rings. The Labute approximate surface area is 156 Å². The van der Waals surface area contributed by atoms with Crippen LogP contribution in [0.2, 0.25) is 5.02 Å². The fourth-order valence-electron chi connectivity index (χ4n) is 2.95. The molecule has 2 nitrogen and oxygen atoms in total. The Kier molecular flexibility index (Phi) is 5.67. The van der Waals surface area contributed by atoms with Crippen molar-refractivity contribution < 1.29 is 19.2 Å². The molecule has 0 aromatic heterocycles. The molecule has 0 heterocycles. The van der Waals surface area contributed by atoms with E-state index in [0.29, 0.717) is 22.7 Å². The number of aliphatic hydroxyl groups is 1. The van der Waals surface area contributed by atoms with Crippen molar-refractivity contribution >= 4 is 11.6 Å². The Morgan fingerprint density at radius 1 is 0.808 bits per heavy atom. The summed E-state index contributed by atoms with van der Waals surface area (Å²) in [5.41, 5.74) is 0.652. The summed E-state index contributed by atoms with van der Waals surface area (Å²) in [6, 6.07) is 18.9. The molecule has 0 amide bonds. The van der Waals surface area contributed by atoms with Gasteiger partial charge in [0, 0.05) is 10.6 Å². The van der Waals surface area contributed by atoms with Crippen LogP contribution in [0.1, 0.15) is 16.7 Å². The third kappa shape index (κ3) is 4.10. The van der Waals surface area contributed by atoms with Gasteiger partial charge in [0.15, 0.2) is 5.60 Å². The van der Waals surface area contributed by atoms with Crippen molar-refractivity contribution in [3.05, 3.63) is 106 Å². The predicted octanol–water partition coefficient (Wildman–Crippen LogP) is 3.62. The molecule has 26 heavy (non-hydrogen) atoms. The van der Waals surface area contributed by atoms with Crippen molar-refractivity contribution in [1.82, 2.24) is 0 Å². The summed E-state index contributed by atoms with van der Waals surface area (Å²) in [7, 11) is 0. The smallest absolute Gasteiger partial charge is 0.163 e. The number of hydrogen-bond donors (Lipinski definition) is 2. The van der Waals surface area contributed by atoms with Crippen LogP contribution in [-0.4, -0.2) is 11.7 Å². The molecule has 3 N–H and O–H groups in total. The van der Waals surface area contributed by atoms with Crippen molar-refractivity contribution in [3.63, 3.8) is 0 Å². The van der Waals surface area contributed by atoms with Crippen molar-refractivity contribution in [2.45, 2.75) is 12.1 Å². The highest BCUT2D eigenvalue weighted by Gasteiger charge is 2.33.